The molecule has 0 fully saturated rings. The second kappa shape index (κ2) is 7.49. The van der Waals surface area contributed by atoms with Gasteiger partial charge in [-0.2, -0.15) is 0 Å². The molecule has 0 aliphatic heterocycles. The van der Waals surface area contributed by atoms with Crippen LogP contribution in [0.3, 0.4) is 0 Å². The van der Waals surface area contributed by atoms with Gasteiger partial charge in [0.1, 0.15) is 0 Å². The van der Waals surface area contributed by atoms with E-state index >= 15 is 0 Å². The molecule has 3 amide bonds. The predicted molar refractivity (Wildman–Crippen MR) is 56.9 cm³/mol. The van der Waals surface area contributed by atoms with Crippen molar-refractivity contribution in [1.29, 1.82) is 0 Å². The zero-order valence-electron chi connectivity index (χ0n) is 9.37. The minimum Gasteiger partial charge on any atom is -0.481 e. The van der Waals surface area contributed by atoms with E-state index in [0.29, 0.717) is 6.42 Å². The molecule has 0 radical (unpaired) electrons. The Labute approximate surface area is 93.6 Å². The number of carboxylic acid groups (broad SMARTS) is 1. The van der Waals surface area contributed by atoms with Crippen LogP contribution >= 0.6 is 0 Å². The highest BCUT2D eigenvalue weighted by Crippen LogP contribution is 1.95. The van der Waals surface area contributed by atoms with Gasteiger partial charge in [0, 0.05) is 19.5 Å². The van der Waals surface area contributed by atoms with Crippen molar-refractivity contribution in [2.75, 3.05) is 13.6 Å². The molecule has 0 aromatic heterocycles. The van der Waals surface area contributed by atoms with Gasteiger partial charge < -0.3 is 21.1 Å². The quantitative estimate of drug-likeness (QED) is 0.484. The summed E-state index contributed by atoms with van der Waals surface area (Å²) in [5.74, 6) is -1.20. The zero-order chi connectivity index (χ0) is 12.6. The highest BCUT2D eigenvalue weighted by Gasteiger charge is 2.09. The fourth-order valence-electron chi connectivity index (χ4n) is 0.936. The Hall–Kier alpha value is -1.79. The van der Waals surface area contributed by atoms with Crippen molar-refractivity contribution < 1.29 is 19.5 Å². The molecule has 4 N–H and O–H groups in total. The minimum atomic E-state index is -0.903. The molecule has 16 heavy (non-hydrogen) atoms. The van der Waals surface area contributed by atoms with Crippen LogP contribution in [-0.2, 0) is 9.59 Å². The first-order chi connectivity index (χ1) is 7.45. The van der Waals surface area contributed by atoms with Crippen LogP contribution < -0.4 is 16.0 Å². The van der Waals surface area contributed by atoms with Crippen LogP contribution in [0.25, 0.3) is 0 Å². The van der Waals surface area contributed by atoms with Gasteiger partial charge in [-0.3, -0.25) is 9.59 Å². The van der Waals surface area contributed by atoms with Crippen molar-refractivity contribution >= 4 is 17.9 Å². The topological polar surface area (TPSA) is 108 Å². The maximum atomic E-state index is 11.2. The molecule has 0 aliphatic rings. The fourth-order valence-corrected chi connectivity index (χ4v) is 0.936. The molecule has 0 aromatic carbocycles. The maximum Gasteiger partial charge on any atom is 0.315 e. The molecule has 0 heterocycles. The van der Waals surface area contributed by atoms with Crippen molar-refractivity contribution in [3.63, 3.8) is 0 Å². The first kappa shape index (κ1) is 14.2. The van der Waals surface area contributed by atoms with E-state index in [-0.39, 0.29) is 24.9 Å². The first-order valence-corrected chi connectivity index (χ1v) is 4.92. The summed E-state index contributed by atoms with van der Waals surface area (Å²) in [6.07, 6.45) is 0.347. The number of urea groups is 1. The molecule has 0 bridgehead atoms. The summed E-state index contributed by atoms with van der Waals surface area (Å²) in [5, 5.41) is 15.6. The van der Waals surface area contributed by atoms with E-state index in [9.17, 15) is 14.4 Å². The number of rotatable bonds is 6. The molecule has 0 spiro atoms. The summed E-state index contributed by atoms with van der Waals surface area (Å²) in [6.45, 7) is 1.59. The molecule has 7 heteroatoms. The monoisotopic (exact) mass is 231 g/mol. The van der Waals surface area contributed by atoms with Gasteiger partial charge in [0.25, 0.3) is 0 Å². The molecule has 0 rings (SSSR count). The molecule has 1 unspecified atom stereocenters. The van der Waals surface area contributed by atoms with E-state index in [1.807, 2.05) is 0 Å². The SMILES string of the molecule is CNC(=O)CNC(=O)NC(C)CCC(=O)O. The Morgan fingerprint density at radius 1 is 1.31 bits per heavy atom. The van der Waals surface area contributed by atoms with E-state index in [1.165, 1.54) is 7.05 Å². The van der Waals surface area contributed by atoms with Crippen LogP contribution in [-0.4, -0.2) is 42.6 Å². The summed E-state index contributed by atoms with van der Waals surface area (Å²) in [6, 6.07) is -0.734. The first-order valence-electron chi connectivity index (χ1n) is 4.92. The standard InChI is InChI=1S/C9H17N3O4/c1-6(3-4-8(14)15)12-9(16)11-5-7(13)10-2/h6H,3-5H2,1-2H3,(H,10,13)(H,14,15)(H2,11,12,16). The third-order valence-electron chi connectivity index (χ3n) is 1.86. The Morgan fingerprint density at radius 3 is 2.44 bits per heavy atom. The van der Waals surface area contributed by atoms with Gasteiger partial charge in [0.05, 0.1) is 6.54 Å². The van der Waals surface area contributed by atoms with E-state index in [2.05, 4.69) is 16.0 Å². The summed E-state index contributed by atoms with van der Waals surface area (Å²) in [5.41, 5.74) is 0. The Bertz CT molecular complexity index is 267. The van der Waals surface area contributed by atoms with Gasteiger partial charge in [-0.15, -0.1) is 0 Å². The predicted octanol–water partition coefficient (Wildman–Crippen LogP) is -0.715. The summed E-state index contributed by atoms with van der Waals surface area (Å²) in [7, 11) is 1.47. The highest BCUT2D eigenvalue weighted by molar-refractivity contribution is 5.83. The average molecular weight is 231 g/mol. The van der Waals surface area contributed by atoms with Crippen molar-refractivity contribution in [2.45, 2.75) is 25.8 Å². The fraction of sp³-hybridized carbons (Fsp3) is 0.667. The lowest BCUT2D eigenvalue weighted by molar-refractivity contribution is -0.137. The average Bonchev–Trinajstić information content (AvgIpc) is 2.23. The van der Waals surface area contributed by atoms with Crippen LogP contribution in [0.4, 0.5) is 4.79 Å². The van der Waals surface area contributed by atoms with Gasteiger partial charge in [0.15, 0.2) is 0 Å². The third kappa shape index (κ3) is 7.60. The van der Waals surface area contributed by atoms with Crippen LogP contribution in [0, 0.1) is 0 Å². The molecule has 0 saturated heterocycles. The number of hydrogen-bond donors (Lipinski definition) is 4. The van der Waals surface area contributed by atoms with Crippen molar-refractivity contribution in [3.8, 4) is 0 Å². The molecular formula is C9H17N3O4. The minimum absolute atomic E-state index is 0.00308. The largest absolute Gasteiger partial charge is 0.481 e. The van der Waals surface area contributed by atoms with E-state index in [1.54, 1.807) is 6.92 Å². The van der Waals surface area contributed by atoms with Gasteiger partial charge in [0.2, 0.25) is 5.91 Å². The van der Waals surface area contributed by atoms with Gasteiger partial charge in [-0.05, 0) is 13.3 Å². The Morgan fingerprint density at radius 2 is 1.94 bits per heavy atom. The van der Waals surface area contributed by atoms with Gasteiger partial charge >= 0.3 is 12.0 Å². The molecule has 0 aliphatic carbocycles. The van der Waals surface area contributed by atoms with Crippen molar-refractivity contribution in [3.05, 3.63) is 0 Å². The normalized spacial score (nSPS) is 11.4. The smallest absolute Gasteiger partial charge is 0.315 e. The second-order valence-electron chi connectivity index (χ2n) is 3.33. The van der Waals surface area contributed by atoms with Crippen LogP contribution in [0.1, 0.15) is 19.8 Å². The Balaban J connectivity index is 3.69. The molecule has 0 aromatic rings. The van der Waals surface area contributed by atoms with Crippen LogP contribution in [0.15, 0.2) is 0 Å². The summed E-state index contributed by atoms with van der Waals surface area (Å²) in [4.78, 5) is 32.2. The molecular weight excluding hydrogens is 214 g/mol. The van der Waals surface area contributed by atoms with E-state index in [4.69, 9.17) is 5.11 Å². The van der Waals surface area contributed by atoms with E-state index in [0.717, 1.165) is 0 Å². The Kier molecular flexibility index (Phi) is 6.66. The lowest BCUT2D eigenvalue weighted by atomic mass is 10.2. The van der Waals surface area contributed by atoms with Crippen LogP contribution in [0.2, 0.25) is 0 Å². The molecule has 92 valence electrons. The second-order valence-corrected chi connectivity index (χ2v) is 3.33. The number of likely N-dealkylation sites (N-methyl/N-ethyl adjacent to an activating group) is 1. The van der Waals surface area contributed by atoms with Crippen molar-refractivity contribution in [1.82, 2.24) is 16.0 Å². The molecule has 0 saturated carbocycles. The maximum absolute atomic E-state index is 11.2. The van der Waals surface area contributed by atoms with Crippen LogP contribution in [0.5, 0.6) is 0 Å². The summed E-state index contributed by atoms with van der Waals surface area (Å²) < 4.78 is 0. The van der Waals surface area contributed by atoms with E-state index < -0.39 is 12.0 Å². The van der Waals surface area contributed by atoms with Gasteiger partial charge in [-0.1, -0.05) is 0 Å². The molecule has 1 atom stereocenters. The number of carbonyl (C=O) groups excluding carboxylic acids is 2. The number of carbonyl (C=O) groups is 3. The summed E-state index contributed by atoms with van der Waals surface area (Å²) >= 11 is 0. The molecule has 7 nitrogen and oxygen atoms in total. The number of amides is 3. The number of carboxylic acids is 1. The number of nitrogens with one attached hydrogen (secondary N) is 3. The third-order valence-corrected chi connectivity index (χ3v) is 1.86. The number of aliphatic carboxylic acids is 1. The van der Waals surface area contributed by atoms with Gasteiger partial charge in [-0.25, -0.2) is 4.79 Å². The zero-order valence-corrected chi connectivity index (χ0v) is 9.37. The lowest BCUT2D eigenvalue weighted by Crippen LogP contribution is -2.44. The van der Waals surface area contributed by atoms with Crippen molar-refractivity contribution in [2.24, 2.45) is 0 Å². The highest BCUT2D eigenvalue weighted by atomic mass is 16.4. The number of hydrogen-bond acceptors (Lipinski definition) is 3. The lowest BCUT2D eigenvalue weighted by Gasteiger charge is -2.13.